The second-order valence-electron chi connectivity index (χ2n) is 15.2. The Labute approximate surface area is 295 Å². The van der Waals surface area contributed by atoms with E-state index in [0.717, 1.165) is 23.7 Å². The van der Waals surface area contributed by atoms with Gasteiger partial charge in [0.05, 0.1) is 6.04 Å². The average Bonchev–Trinajstić information content (AvgIpc) is 3.86. The van der Waals surface area contributed by atoms with Crippen LogP contribution < -0.4 is 4.90 Å². The number of hydrogen-bond donors (Lipinski definition) is 0. The van der Waals surface area contributed by atoms with Crippen LogP contribution in [0.4, 0.5) is 5.69 Å². The molecule has 254 valence electrons. The van der Waals surface area contributed by atoms with E-state index in [0.29, 0.717) is 18.0 Å². The molecule has 1 nitrogen and oxygen atoms in total. The standard InChI is InChI=1S/C44H61NS2/c1-6-9-10-11-12-13-15-19-33(18-7-2)23-24-36-30-41(47-44(36)40-27-22-32(5)46-40)35-25-26-39-38(29-35)42-31(4)28-34(8-3)43(42)45(39)37-20-16-14-17-21-37/h14,16-17,20-22,25-27,29-31,33-34,38-39,42-43H,6-13,15,18-19,23-24,28H2,1-5H3. The van der Waals surface area contributed by atoms with Crippen molar-refractivity contribution in [3.05, 3.63) is 82.1 Å². The van der Waals surface area contributed by atoms with Crippen molar-refractivity contribution in [2.75, 3.05) is 4.90 Å². The highest BCUT2D eigenvalue weighted by molar-refractivity contribution is 7.22. The molecule has 2 aliphatic carbocycles. The minimum absolute atomic E-state index is 0.466. The average molecular weight is 668 g/mol. The summed E-state index contributed by atoms with van der Waals surface area (Å²) in [5, 5.41) is 0. The molecule has 1 aromatic carbocycles. The van der Waals surface area contributed by atoms with Crippen molar-refractivity contribution in [3.8, 4) is 9.75 Å². The van der Waals surface area contributed by atoms with Crippen LogP contribution in [0.2, 0.25) is 0 Å². The molecule has 2 fully saturated rings. The predicted molar refractivity (Wildman–Crippen MR) is 210 cm³/mol. The van der Waals surface area contributed by atoms with E-state index in [-0.39, 0.29) is 0 Å². The van der Waals surface area contributed by atoms with Gasteiger partial charge >= 0.3 is 0 Å². The third-order valence-electron chi connectivity index (χ3n) is 11.9. The number of benzene rings is 1. The van der Waals surface area contributed by atoms with Gasteiger partial charge in [0, 0.05) is 37.2 Å². The summed E-state index contributed by atoms with van der Waals surface area (Å²) < 4.78 is 0. The largest absolute Gasteiger partial charge is 0.361 e. The zero-order chi connectivity index (χ0) is 32.8. The lowest BCUT2D eigenvalue weighted by Crippen LogP contribution is -2.40. The monoisotopic (exact) mass is 667 g/mol. The van der Waals surface area contributed by atoms with Crippen molar-refractivity contribution in [2.45, 2.75) is 137 Å². The zero-order valence-corrected chi connectivity index (χ0v) is 31.7. The van der Waals surface area contributed by atoms with E-state index in [1.54, 1.807) is 5.56 Å². The minimum atomic E-state index is 0.466. The lowest BCUT2D eigenvalue weighted by Gasteiger charge is -2.35. The summed E-state index contributed by atoms with van der Waals surface area (Å²) in [5.74, 6) is 3.73. The number of anilines is 1. The number of rotatable bonds is 17. The Morgan fingerprint density at radius 3 is 2.34 bits per heavy atom. The third-order valence-corrected chi connectivity index (χ3v) is 14.3. The Bertz CT molecular complexity index is 1460. The summed E-state index contributed by atoms with van der Waals surface area (Å²) in [6, 6.07) is 19.7. The van der Waals surface area contributed by atoms with Gasteiger partial charge in [-0.3, -0.25) is 0 Å². The molecule has 3 heterocycles. The quantitative estimate of drug-likeness (QED) is 0.130. The Kier molecular flexibility index (Phi) is 12.2. The molecule has 1 saturated heterocycles. The lowest BCUT2D eigenvalue weighted by molar-refractivity contribution is 0.350. The highest BCUT2D eigenvalue weighted by atomic mass is 32.1. The highest BCUT2D eigenvalue weighted by Crippen LogP contribution is 2.55. The Hall–Kier alpha value is -2.10. The maximum atomic E-state index is 2.83. The summed E-state index contributed by atoms with van der Waals surface area (Å²) in [4.78, 5) is 8.74. The fraction of sp³-hybridized carbons (Fsp3) is 0.591. The molecule has 0 N–H and O–H groups in total. The number of unbranched alkanes of at least 4 members (excludes halogenated alkanes) is 6. The molecule has 1 saturated carbocycles. The van der Waals surface area contributed by atoms with Gasteiger partial charge in [0.25, 0.3) is 0 Å². The number of para-hydroxylation sites is 1. The maximum Gasteiger partial charge on any atom is 0.0546 e. The van der Waals surface area contributed by atoms with Gasteiger partial charge in [-0.15, -0.1) is 22.7 Å². The van der Waals surface area contributed by atoms with Crippen molar-refractivity contribution in [1.82, 2.24) is 0 Å². The van der Waals surface area contributed by atoms with Crippen LogP contribution in [0.3, 0.4) is 0 Å². The fourth-order valence-electron chi connectivity index (χ4n) is 9.58. The summed E-state index contributed by atoms with van der Waals surface area (Å²) in [7, 11) is 0. The Morgan fingerprint density at radius 2 is 1.62 bits per heavy atom. The van der Waals surface area contributed by atoms with Crippen LogP contribution in [0.15, 0.2) is 66.8 Å². The SMILES string of the molecule is CCCCCCCCCC(CCC)CCc1cc(C2=CC3C4C(C)CC(CC)C4N(c4ccccc4)C3C=C2)sc1-c1ccc(C)s1. The van der Waals surface area contributed by atoms with Gasteiger partial charge in [-0.1, -0.05) is 135 Å². The van der Waals surface area contributed by atoms with Gasteiger partial charge in [-0.25, -0.2) is 0 Å². The molecular weight excluding hydrogens is 607 g/mol. The molecule has 3 heteroatoms. The van der Waals surface area contributed by atoms with Crippen LogP contribution >= 0.6 is 22.7 Å². The number of nitrogens with zero attached hydrogens (tertiary/aromatic N) is 1. The molecule has 47 heavy (non-hydrogen) atoms. The summed E-state index contributed by atoms with van der Waals surface area (Å²) >= 11 is 4.05. The summed E-state index contributed by atoms with van der Waals surface area (Å²) in [6.07, 6.45) is 27.0. The predicted octanol–water partition coefficient (Wildman–Crippen LogP) is 13.8. The molecule has 0 bridgehead atoms. The van der Waals surface area contributed by atoms with E-state index in [4.69, 9.17) is 0 Å². The Morgan fingerprint density at radius 1 is 0.830 bits per heavy atom. The van der Waals surface area contributed by atoms with Crippen LogP contribution in [0.25, 0.3) is 15.3 Å². The first kappa shape index (κ1) is 34.8. The van der Waals surface area contributed by atoms with E-state index >= 15 is 0 Å². The molecular formula is C44H61NS2. The van der Waals surface area contributed by atoms with Crippen LogP contribution in [0.5, 0.6) is 0 Å². The molecule has 3 aromatic rings. The van der Waals surface area contributed by atoms with Gasteiger partial charge in [0.2, 0.25) is 0 Å². The fourth-order valence-corrected chi connectivity index (χ4v) is 11.8. The molecule has 0 radical (unpaired) electrons. The highest BCUT2D eigenvalue weighted by Gasteiger charge is 2.55. The van der Waals surface area contributed by atoms with Crippen LogP contribution in [0, 0.1) is 36.5 Å². The number of thiophene rings is 2. The summed E-state index contributed by atoms with van der Waals surface area (Å²) in [5.41, 5.74) is 4.49. The van der Waals surface area contributed by atoms with Crippen molar-refractivity contribution in [1.29, 1.82) is 0 Å². The number of fused-ring (bicyclic) bond motifs is 3. The Balaban J connectivity index is 1.22. The lowest BCUT2D eigenvalue weighted by atomic mass is 9.79. The van der Waals surface area contributed by atoms with E-state index in [9.17, 15) is 0 Å². The molecule has 6 rings (SSSR count). The van der Waals surface area contributed by atoms with Crippen LogP contribution in [0.1, 0.15) is 126 Å². The first-order valence-corrected chi connectivity index (χ1v) is 21.1. The molecule has 0 spiro atoms. The van der Waals surface area contributed by atoms with E-state index in [2.05, 4.69) is 118 Å². The van der Waals surface area contributed by atoms with E-state index in [1.165, 1.54) is 121 Å². The topological polar surface area (TPSA) is 3.24 Å². The van der Waals surface area contributed by atoms with E-state index < -0.39 is 0 Å². The molecule has 3 aliphatic rings. The maximum absolute atomic E-state index is 2.83. The van der Waals surface area contributed by atoms with Gasteiger partial charge in [-0.05, 0) is 91.3 Å². The smallest absolute Gasteiger partial charge is 0.0546 e. The number of hydrogen-bond acceptors (Lipinski definition) is 3. The second-order valence-corrected chi connectivity index (χ2v) is 17.6. The second kappa shape index (κ2) is 16.5. The molecule has 2 aromatic heterocycles. The molecule has 1 aliphatic heterocycles. The van der Waals surface area contributed by atoms with Crippen LogP contribution in [-0.2, 0) is 6.42 Å². The third kappa shape index (κ3) is 7.88. The van der Waals surface area contributed by atoms with Gasteiger partial charge in [0.15, 0.2) is 0 Å². The normalized spacial score (nSPS) is 25.6. The zero-order valence-electron chi connectivity index (χ0n) is 30.1. The summed E-state index contributed by atoms with van der Waals surface area (Å²) in [6.45, 7) is 11.9. The molecule has 0 amide bonds. The first-order valence-electron chi connectivity index (χ1n) is 19.5. The number of allylic oxidation sites excluding steroid dienone is 2. The van der Waals surface area contributed by atoms with Gasteiger partial charge in [0.1, 0.15) is 0 Å². The van der Waals surface area contributed by atoms with Crippen LogP contribution in [-0.4, -0.2) is 12.1 Å². The molecule has 7 unspecified atom stereocenters. The number of aryl methyl sites for hydroxylation is 2. The first-order chi connectivity index (χ1) is 23.0. The molecule has 7 atom stereocenters. The van der Waals surface area contributed by atoms with Crippen molar-refractivity contribution in [2.24, 2.45) is 29.6 Å². The van der Waals surface area contributed by atoms with Crippen molar-refractivity contribution < 1.29 is 0 Å². The minimum Gasteiger partial charge on any atom is -0.361 e. The van der Waals surface area contributed by atoms with E-state index in [1.807, 2.05) is 11.3 Å². The van der Waals surface area contributed by atoms with Gasteiger partial charge < -0.3 is 4.90 Å². The van der Waals surface area contributed by atoms with Crippen molar-refractivity contribution in [3.63, 3.8) is 0 Å². The van der Waals surface area contributed by atoms with Crippen molar-refractivity contribution >= 4 is 33.9 Å². The van der Waals surface area contributed by atoms with Gasteiger partial charge in [-0.2, -0.15) is 0 Å².